The number of nitrogens with zero attached hydrogens (tertiary/aromatic N) is 2. The molecule has 9 heteroatoms. The van der Waals surface area contributed by atoms with E-state index in [4.69, 9.17) is 10.5 Å². The third kappa shape index (κ3) is 5.16. The van der Waals surface area contributed by atoms with Crippen LogP contribution in [0, 0.1) is 5.92 Å². The van der Waals surface area contributed by atoms with Crippen molar-refractivity contribution in [1.29, 1.82) is 0 Å². The average Bonchev–Trinajstić information content (AvgIpc) is 2.78. The third-order valence-corrected chi connectivity index (χ3v) is 5.83. The van der Waals surface area contributed by atoms with Gasteiger partial charge >= 0.3 is 0 Å². The molecule has 31 heavy (non-hydrogen) atoms. The quantitative estimate of drug-likeness (QED) is 0.670. The summed E-state index contributed by atoms with van der Waals surface area (Å²) >= 11 is -1.59. The van der Waals surface area contributed by atoms with Crippen molar-refractivity contribution in [1.82, 2.24) is 4.90 Å². The number of phenols is 1. The average molecular weight is 445 g/mol. The number of benzene rings is 2. The van der Waals surface area contributed by atoms with Crippen LogP contribution >= 0.6 is 0 Å². The first-order valence-electron chi connectivity index (χ1n) is 10.4. The van der Waals surface area contributed by atoms with Gasteiger partial charge in [-0.2, -0.15) is 4.40 Å². The summed E-state index contributed by atoms with van der Waals surface area (Å²) in [7, 11) is 0. The van der Waals surface area contributed by atoms with Crippen LogP contribution in [0.25, 0.3) is 0 Å². The number of carbonyl (C=O) groups excluding carboxylic acids is 1. The molecular formula is C22H28N4O4S. The molecule has 0 aromatic heterocycles. The van der Waals surface area contributed by atoms with E-state index in [0.717, 1.165) is 12.8 Å². The van der Waals surface area contributed by atoms with E-state index < -0.39 is 11.2 Å². The number of aromatic hydroxyl groups is 1. The number of amidine groups is 1. The van der Waals surface area contributed by atoms with E-state index >= 15 is 0 Å². The monoisotopic (exact) mass is 444 g/mol. The van der Waals surface area contributed by atoms with Gasteiger partial charge in [-0.15, -0.1) is 0 Å². The van der Waals surface area contributed by atoms with Gasteiger partial charge in [-0.25, -0.2) is 4.21 Å². The molecule has 1 saturated heterocycles. The van der Waals surface area contributed by atoms with Crippen LogP contribution in [0.1, 0.15) is 42.6 Å². The minimum Gasteiger partial charge on any atom is -0.507 e. The zero-order valence-corrected chi connectivity index (χ0v) is 18.5. The highest BCUT2D eigenvalue weighted by Gasteiger charge is 2.27. The number of phenolic OH excluding ortho intramolecular Hbond substituents is 1. The number of hydrogen-bond donors (Lipinski definition) is 3. The summed E-state index contributed by atoms with van der Waals surface area (Å²) in [5.74, 6) is 0.711. The number of fused-ring (bicyclic) bond motifs is 1. The molecule has 0 saturated carbocycles. The number of ether oxygens (including phenoxy) is 1. The highest BCUT2D eigenvalue weighted by Crippen LogP contribution is 2.30. The highest BCUT2D eigenvalue weighted by molar-refractivity contribution is 7.85. The van der Waals surface area contributed by atoms with Gasteiger partial charge in [-0.1, -0.05) is 32.0 Å². The zero-order valence-electron chi connectivity index (χ0n) is 17.7. The van der Waals surface area contributed by atoms with Gasteiger partial charge in [-0.3, -0.25) is 9.52 Å². The topological polar surface area (TPSA) is 117 Å². The van der Waals surface area contributed by atoms with E-state index in [-0.39, 0.29) is 23.4 Å². The fraction of sp³-hybridized carbons (Fsp3) is 0.364. The molecule has 2 aliphatic rings. The Morgan fingerprint density at radius 3 is 2.84 bits per heavy atom. The van der Waals surface area contributed by atoms with Crippen molar-refractivity contribution in [2.45, 2.75) is 26.7 Å². The molecule has 2 unspecified atom stereocenters. The molecule has 1 amide bonds. The molecule has 8 nitrogen and oxygen atoms in total. The smallest absolute Gasteiger partial charge is 0.257 e. The van der Waals surface area contributed by atoms with Gasteiger partial charge in [0.25, 0.3) is 5.91 Å². The van der Waals surface area contributed by atoms with E-state index in [9.17, 15) is 14.1 Å². The number of amides is 1. The summed E-state index contributed by atoms with van der Waals surface area (Å²) in [6.07, 6.45) is 1.80. The minimum atomic E-state index is -1.59. The van der Waals surface area contributed by atoms with Gasteiger partial charge in [-0.05, 0) is 37.1 Å². The molecule has 166 valence electrons. The summed E-state index contributed by atoms with van der Waals surface area (Å²) in [5, 5.41) is 9.96. The maximum atomic E-state index is 12.8. The number of carbonyl (C=O) groups is 1. The van der Waals surface area contributed by atoms with Crippen molar-refractivity contribution in [3.63, 3.8) is 0 Å². The van der Waals surface area contributed by atoms with Crippen molar-refractivity contribution in [3.8, 4) is 11.5 Å². The zero-order chi connectivity index (χ0) is 22.4. The van der Waals surface area contributed by atoms with Crippen LogP contribution in [0.4, 0.5) is 5.69 Å². The largest absolute Gasteiger partial charge is 0.507 e. The lowest BCUT2D eigenvalue weighted by Gasteiger charge is -2.33. The van der Waals surface area contributed by atoms with E-state index in [1.165, 1.54) is 6.07 Å². The minimum absolute atomic E-state index is 0.00793. The lowest BCUT2D eigenvalue weighted by atomic mass is 9.98. The van der Waals surface area contributed by atoms with Crippen LogP contribution in [-0.4, -0.2) is 45.7 Å². The molecule has 0 spiro atoms. The fourth-order valence-electron chi connectivity index (χ4n) is 3.67. The second-order valence-corrected chi connectivity index (χ2v) is 7.98. The van der Waals surface area contributed by atoms with Crippen molar-refractivity contribution < 1.29 is 18.8 Å². The Morgan fingerprint density at radius 1 is 1.29 bits per heavy atom. The summed E-state index contributed by atoms with van der Waals surface area (Å²) < 4.78 is 24.3. The summed E-state index contributed by atoms with van der Waals surface area (Å²) in [5.41, 5.74) is 7.48. The van der Waals surface area contributed by atoms with Crippen molar-refractivity contribution in [2.75, 3.05) is 24.4 Å². The molecule has 4 N–H and O–H groups in total. The van der Waals surface area contributed by atoms with E-state index in [0.29, 0.717) is 42.3 Å². The van der Waals surface area contributed by atoms with Crippen LogP contribution in [0.5, 0.6) is 11.5 Å². The lowest BCUT2D eigenvalue weighted by Crippen LogP contribution is -2.41. The molecule has 4 rings (SSSR count). The predicted octanol–water partition coefficient (Wildman–Crippen LogP) is 3.06. The van der Waals surface area contributed by atoms with Gasteiger partial charge in [0.05, 0.1) is 23.4 Å². The molecular weight excluding hydrogens is 416 g/mol. The molecule has 1 fully saturated rings. The predicted molar refractivity (Wildman–Crippen MR) is 123 cm³/mol. The Labute approximate surface area is 184 Å². The standard InChI is InChI=1S/C20H22N4O4S.C2H6/c21-19-18-15(22-29(27)23-19)7-3-9-17(18)28-12-13-5-4-10-24(11-13)20(26)14-6-1-2-8-16(14)25;1-2/h1-3,6-9,13,22,25H,4-5,10-12H2,(H2,21,23);1-2H3. The first-order chi connectivity index (χ1) is 15.0. The van der Waals surface area contributed by atoms with Crippen molar-refractivity contribution >= 4 is 28.6 Å². The summed E-state index contributed by atoms with van der Waals surface area (Å²) in [6.45, 7) is 5.62. The van der Waals surface area contributed by atoms with Crippen LogP contribution in [-0.2, 0) is 11.2 Å². The fourth-order valence-corrected chi connectivity index (χ4v) is 4.34. The molecule has 2 aromatic carbocycles. The normalized spacial score (nSPS) is 19.8. The first kappa shape index (κ1) is 22.6. The van der Waals surface area contributed by atoms with Gasteiger partial charge < -0.3 is 20.5 Å². The molecule has 2 aromatic rings. The van der Waals surface area contributed by atoms with Crippen LogP contribution in [0.3, 0.4) is 0 Å². The number of rotatable bonds is 4. The van der Waals surface area contributed by atoms with Crippen LogP contribution in [0.15, 0.2) is 46.9 Å². The molecule has 2 aliphatic heterocycles. The highest BCUT2D eigenvalue weighted by atomic mass is 32.2. The Kier molecular flexibility index (Phi) is 7.51. The third-order valence-electron chi connectivity index (χ3n) is 5.08. The number of nitrogens with two attached hydrogens (primary N) is 1. The second-order valence-electron chi connectivity index (χ2n) is 7.09. The van der Waals surface area contributed by atoms with E-state index in [2.05, 4.69) is 9.12 Å². The first-order valence-corrected chi connectivity index (χ1v) is 11.5. The van der Waals surface area contributed by atoms with Gasteiger partial charge in [0.1, 0.15) is 17.3 Å². The Balaban J connectivity index is 0.00000132. The van der Waals surface area contributed by atoms with Crippen molar-refractivity contribution in [3.05, 3.63) is 53.6 Å². The molecule has 0 aliphatic carbocycles. The number of nitrogens with one attached hydrogen (secondary N) is 1. The molecule has 0 bridgehead atoms. The molecule has 2 atom stereocenters. The number of piperidine rings is 1. The molecule has 2 heterocycles. The van der Waals surface area contributed by atoms with E-state index in [1.807, 2.05) is 13.8 Å². The maximum Gasteiger partial charge on any atom is 0.257 e. The van der Waals surface area contributed by atoms with Gasteiger partial charge in [0.2, 0.25) is 11.2 Å². The van der Waals surface area contributed by atoms with Gasteiger partial charge in [0.15, 0.2) is 0 Å². The van der Waals surface area contributed by atoms with Crippen molar-refractivity contribution in [2.24, 2.45) is 16.0 Å². The second kappa shape index (κ2) is 10.3. The summed E-state index contributed by atoms with van der Waals surface area (Å²) in [4.78, 5) is 14.5. The lowest BCUT2D eigenvalue weighted by molar-refractivity contribution is 0.0630. The Bertz CT molecular complexity index is 995. The number of anilines is 1. The van der Waals surface area contributed by atoms with Crippen LogP contribution in [0.2, 0.25) is 0 Å². The van der Waals surface area contributed by atoms with Gasteiger partial charge in [0, 0.05) is 19.0 Å². The number of hydrogen-bond acceptors (Lipinski definition) is 5. The van der Waals surface area contributed by atoms with Crippen LogP contribution < -0.4 is 15.2 Å². The SMILES string of the molecule is CC.NC1=NS(=O)Nc2cccc(OCC3CCCN(C(=O)c4ccccc4O)C3)c21. The maximum absolute atomic E-state index is 12.8. The Hall–Kier alpha value is -3.07. The molecule has 0 radical (unpaired) electrons. The number of para-hydroxylation sites is 1. The van der Waals surface area contributed by atoms with E-state index in [1.54, 1.807) is 41.3 Å². The summed E-state index contributed by atoms with van der Waals surface area (Å²) in [6, 6.07) is 11.9. The number of likely N-dealkylation sites (tertiary alicyclic amines) is 1. The Morgan fingerprint density at radius 2 is 2.06 bits per heavy atom.